The van der Waals surface area contributed by atoms with Crippen molar-refractivity contribution in [2.75, 3.05) is 13.2 Å². The molecule has 0 aromatic carbocycles. The van der Waals surface area contributed by atoms with Gasteiger partial charge in [0.25, 0.3) is 0 Å². The number of hydrogen-bond acceptors (Lipinski definition) is 4. The van der Waals surface area contributed by atoms with Crippen LogP contribution in [0.4, 0.5) is 0 Å². The summed E-state index contributed by atoms with van der Waals surface area (Å²) >= 11 is 0. The Labute approximate surface area is 123 Å². The van der Waals surface area contributed by atoms with Crippen molar-refractivity contribution >= 4 is 11.8 Å². The van der Waals surface area contributed by atoms with Gasteiger partial charge in [0.1, 0.15) is 5.78 Å². The number of carbonyl (C=O) groups excluding carboxylic acids is 2. The van der Waals surface area contributed by atoms with E-state index in [-0.39, 0.29) is 31.1 Å². The molecule has 4 heteroatoms. The quantitative estimate of drug-likeness (QED) is 0.392. The Morgan fingerprint density at radius 2 is 1.40 bits per heavy atom. The van der Waals surface area contributed by atoms with Gasteiger partial charge in [-0.25, -0.2) is 0 Å². The van der Waals surface area contributed by atoms with Crippen LogP contribution in [0.5, 0.6) is 0 Å². The number of unbranched alkanes of at least 4 members (excludes halogenated alkanes) is 8. The second-order valence-corrected chi connectivity index (χ2v) is 5.29. The molecule has 4 nitrogen and oxygen atoms in total. The third kappa shape index (κ3) is 13.5. The second kappa shape index (κ2) is 14.5. The van der Waals surface area contributed by atoms with Gasteiger partial charge in [-0.05, 0) is 6.42 Å². The number of rotatable bonds is 14. The molecule has 0 rings (SSSR count). The van der Waals surface area contributed by atoms with E-state index in [1.54, 1.807) is 0 Å². The van der Waals surface area contributed by atoms with Crippen LogP contribution in [0.1, 0.15) is 77.6 Å². The van der Waals surface area contributed by atoms with E-state index in [4.69, 9.17) is 10.5 Å². The molecular formula is C16H31NO3. The lowest BCUT2D eigenvalue weighted by atomic mass is 10.1. The zero-order valence-electron chi connectivity index (χ0n) is 13.0. The van der Waals surface area contributed by atoms with Crippen molar-refractivity contribution < 1.29 is 14.3 Å². The van der Waals surface area contributed by atoms with Crippen LogP contribution in [0.3, 0.4) is 0 Å². The van der Waals surface area contributed by atoms with Gasteiger partial charge in [-0.15, -0.1) is 0 Å². The molecule has 0 saturated carbocycles. The van der Waals surface area contributed by atoms with Gasteiger partial charge in [-0.2, -0.15) is 0 Å². The molecule has 0 unspecified atom stereocenters. The molecule has 0 aromatic heterocycles. The van der Waals surface area contributed by atoms with E-state index in [2.05, 4.69) is 6.92 Å². The van der Waals surface area contributed by atoms with Crippen LogP contribution in [0.25, 0.3) is 0 Å². The summed E-state index contributed by atoms with van der Waals surface area (Å²) < 4.78 is 5.06. The Morgan fingerprint density at radius 3 is 1.95 bits per heavy atom. The molecule has 0 amide bonds. The number of ketones is 1. The average Bonchev–Trinajstić information content (AvgIpc) is 2.46. The maximum absolute atomic E-state index is 11.3. The molecule has 0 spiro atoms. The van der Waals surface area contributed by atoms with Gasteiger partial charge in [0.05, 0.1) is 19.6 Å². The first-order valence-electron chi connectivity index (χ1n) is 8.08. The summed E-state index contributed by atoms with van der Waals surface area (Å²) in [4.78, 5) is 22.2. The highest BCUT2D eigenvalue weighted by Gasteiger charge is 2.06. The minimum Gasteiger partial charge on any atom is -0.466 e. The number of ether oxygens (including phenoxy) is 1. The topological polar surface area (TPSA) is 69.4 Å². The molecule has 0 aromatic rings. The molecule has 20 heavy (non-hydrogen) atoms. The van der Waals surface area contributed by atoms with Crippen molar-refractivity contribution in [3.05, 3.63) is 0 Å². The molecule has 0 atom stereocenters. The third-order valence-electron chi connectivity index (χ3n) is 3.35. The number of hydrogen-bond donors (Lipinski definition) is 1. The Balaban J connectivity index is 3.19. The second-order valence-electron chi connectivity index (χ2n) is 5.29. The Kier molecular flexibility index (Phi) is 13.9. The molecule has 0 saturated heterocycles. The van der Waals surface area contributed by atoms with Crippen LogP contribution in [0.15, 0.2) is 0 Å². The molecule has 2 N–H and O–H groups in total. The summed E-state index contributed by atoms with van der Waals surface area (Å²) in [6.07, 6.45) is 11.6. The summed E-state index contributed by atoms with van der Waals surface area (Å²) in [6, 6.07) is 0. The SMILES string of the molecule is CCCCCCCCCCCOC(=O)CCC(=O)CN. The minimum atomic E-state index is -0.286. The average molecular weight is 285 g/mol. The van der Waals surface area contributed by atoms with Gasteiger partial charge in [0.2, 0.25) is 0 Å². The van der Waals surface area contributed by atoms with Crippen molar-refractivity contribution in [3.8, 4) is 0 Å². The fourth-order valence-corrected chi connectivity index (χ4v) is 2.01. The number of carbonyl (C=O) groups is 2. The summed E-state index contributed by atoms with van der Waals surface area (Å²) in [5.74, 6) is -0.378. The largest absolute Gasteiger partial charge is 0.466 e. The Hall–Kier alpha value is -0.900. The predicted molar refractivity (Wildman–Crippen MR) is 81.5 cm³/mol. The lowest BCUT2D eigenvalue weighted by molar-refractivity contribution is -0.144. The van der Waals surface area contributed by atoms with Crippen LogP contribution >= 0.6 is 0 Å². The summed E-state index contributed by atoms with van der Waals surface area (Å²) in [7, 11) is 0. The van der Waals surface area contributed by atoms with Gasteiger partial charge < -0.3 is 10.5 Å². The number of esters is 1. The molecule has 0 fully saturated rings. The molecule has 0 aliphatic heterocycles. The maximum atomic E-state index is 11.3. The fraction of sp³-hybridized carbons (Fsp3) is 0.875. The van der Waals surface area contributed by atoms with E-state index < -0.39 is 0 Å². The molecule has 0 heterocycles. The first-order chi connectivity index (χ1) is 9.70. The van der Waals surface area contributed by atoms with Gasteiger partial charge in [-0.3, -0.25) is 9.59 Å². The zero-order chi connectivity index (χ0) is 15.1. The highest BCUT2D eigenvalue weighted by Crippen LogP contribution is 2.09. The van der Waals surface area contributed by atoms with Gasteiger partial charge in [-0.1, -0.05) is 58.3 Å². The summed E-state index contributed by atoms with van der Waals surface area (Å²) in [5.41, 5.74) is 5.16. The van der Waals surface area contributed by atoms with Crippen molar-refractivity contribution in [1.82, 2.24) is 0 Å². The molecule has 0 aliphatic rings. The van der Waals surface area contributed by atoms with Gasteiger partial charge in [0.15, 0.2) is 0 Å². The van der Waals surface area contributed by atoms with Crippen molar-refractivity contribution in [1.29, 1.82) is 0 Å². The minimum absolute atomic E-state index is 0.00549. The zero-order valence-corrected chi connectivity index (χ0v) is 13.0. The number of Topliss-reactive ketones (excluding diaryl/α,β-unsaturated/α-hetero) is 1. The first kappa shape index (κ1) is 19.1. The van der Waals surface area contributed by atoms with Crippen LogP contribution < -0.4 is 5.73 Å². The smallest absolute Gasteiger partial charge is 0.306 e. The van der Waals surface area contributed by atoms with Crippen LogP contribution in [-0.2, 0) is 14.3 Å². The standard InChI is InChI=1S/C16H31NO3/c1-2-3-4-5-6-7-8-9-10-13-20-16(19)12-11-15(18)14-17/h2-14,17H2,1H3. The van der Waals surface area contributed by atoms with Gasteiger partial charge in [0, 0.05) is 6.42 Å². The van der Waals surface area contributed by atoms with E-state index >= 15 is 0 Å². The third-order valence-corrected chi connectivity index (χ3v) is 3.35. The molecule has 118 valence electrons. The summed E-state index contributed by atoms with van der Waals surface area (Å²) in [5, 5.41) is 0. The highest BCUT2D eigenvalue weighted by molar-refractivity contribution is 5.84. The Bertz CT molecular complexity index is 254. The van der Waals surface area contributed by atoms with E-state index in [9.17, 15) is 9.59 Å². The monoisotopic (exact) mass is 285 g/mol. The molecule has 0 radical (unpaired) electrons. The van der Waals surface area contributed by atoms with E-state index in [1.807, 2.05) is 0 Å². The van der Waals surface area contributed by atoms with Crippen molar-refractivity contribution in [2.45, 2.75) is 77.6 Å². The number of nitrogens with two attached hydrogens (primary N) is 1. The van der Waals surface area contributed by atoms with E-state index in [0.29, 0.717) is 6.61 Å². The predicted octanol–water partition coefficient (Wildman–Crippen LogP) is 3.37. The lowest BCUT2D eigenvalue weighted by Gasteiger charge is -2.04. The van der Waals surface area contributed by atoms with E-state index in [1.165, 1.54) is 44.9 Å². The lowest BCUT2D eigenvalue weighted by Crippen LogP contribution is -2.15. The normalized spacial score (nSPS) is 10.5. The van der Waals surface area contributed by atoms with Crippen molar-refractivity contribution in [3.63, 3.8) is 0 Å². The summed E-state index contributed by atoms with van der Waals surface area (Å²) in [6.45, 7) is 2.71. The van der Waals surface area contributed by atoms with E-state index in [0.717, 1.165) is 12.8 Å². The fourth-order valence-electron chi connectivity index (χ4n) is 2.01. The first-order valence-corrected chi connectivity index (χ1v) is 8.08. The molecule has 0 bridgehead atoms. The van der Waals surface area contributed by atoms with Crippen LogP contribution in [0.2, 0.25) is 0 Å². The van der Waals surface area contributed by atoms with Gasteiger partial charge >= 0.3 is 5.97 Å². The maximum Gasteiger partial charge on any atom is 0.306 e. The van der Waals surface area contributed by atoms with Crippen molar-refractivity contribution in [2.24, 2.45) is 5.73 Å². The highest BCUT2D eigenvalue weighted by atomic mass is 16.5. The van der Waals surface area contributed by atoms with Crippen LogP contribution in [0, 0.1) is 0 Å². The Morgan fingerprint density at radius 1 is 0.850 bits per heavy atom. The van der Waals surface area contributed by atoms with Crippen LogP contribution in [-0.4, -0.2) is 24.9 Å². The molecule has 0 aliphatic carbocycles. The molecular weight excluding hydrogens is 254 g/mol.